The summed E-state index contributed by atoms with van der Waals surface area (Å²) in [5.74, 6) is 1.32. The van der Waals surface area contributed by atoms with Crippen molar-refractivity contribution in [1.29, 1.82) is 0 Å². The predicted molar refractivity (Wildman–Crippen MR) is 86.3 cm³/mol. The van der Waals surface area contributed by atoms with Crippen molar-refractivity contribution < 1.29 is 18.3 Å². The summed E-state index contributed by atoms with van der Waals surface area (Å²) in [5, 5.41) is 9.04. The van der Waals surface area contributed by atoms with Gasteiger partial charge < -0.3 is 5.11 Å². The molecule has 2 rings (SSSR count). The van der Waals surface area contributed by atoms with Crippen LogP contribution in [0.4, 0.5) is 0 Å². The quantitative estimate of drug-likeness (QED) is 0.802. The maximum absolute atomic E-state index is 12.2. The largest absolute Gasteiger partial charge is 0.478 e. The predicted octanol–water partition coefficient (Wildman–Crippen LogP) is 2.57. The molecule has 1 aromatic carbocycles. The van der Waals surface area contributed by atoms with Crippen LogP contribution in [0.5, 0.6) is 0 Å². The van der Waals surface area contributed by atoms with Crippen LogP contribution >= 0.6 is 27.7 Å². The van der Waals surface area contributed by atoms with Gasteiger partial charge in [-0.05, 0) is 64.4 Å². The van der Waals surface area contributed by atoms with Crippen LogP contribution in [0.3, 0.4) is 0 Å². The summed E-state index contributed by atoms with van der Waals surface area (Å²) in [6, 6.07) is 4.01. The molecule has 1 saturated heterocycles. The SMILES string of the molecule is O=C(O)c1cc(S(=O)(=O)NCC2CCSCC2)ccc1Br. The van der Waals surface area contributed by atoms with Crippen LogP contribution in [0.25, 0.3) is 0 Å². The molecule has 1 heterocycles. The Balaban J connectivity index is 2.11. The molecule has 1 aromatic rings. The van der Waals surface area contributed by atoms with Crippen LogP contribution in [-0.4, -0.2) is 37.5 Å². The molecule has 0 amide bonds. The highest BCUT2D eigenvalue weighted by molar-refractivity contribution is 9.10. The van der Waals surface area contributed by atoms with E-state index < -0.39 is 16.0 Å². The molecule has 0 bridgehead atoms. The van der Waals surface area contributed by atoms with Gasteiger partial charge >= 0.3 is 5.97 Å². The highest BCUT2D eigenvalue weighted by Gasteiger charge is 2.21. The smallest absolute Gasteiger partial charge is 0.336 e. The molecular formula is C13H16BrNO4S2. The highest BCUT2D eigenvalue weighted by Crippen LogP contribution is 2.24. The number of carboxylic acid groups (broad SMARTS) is 1. The van der Waals surface area contributed by atoms with Gasteiger partial charge in [0.05, 0.1) is 10.5 Å². The Hall–Kier alpha value is -0.570. The van der Waals surface area contributed by atoms with Crippen LogP contribution in [0.1, 0.15) is 23.2 Å². The van der Waals surface area contributed by atoms with Gasteiger partial charge in [0.1, 0.15) is 0 Å². The van der Waals surface area contributed by atoms with E-state index in [1.165, 1.54) is 18.2 Å². The number of benzene rings is 1. The van der Waals surface area contributed by atoms with Gasteiger partial charge in [0, 0.05) is 11.0 Å². The Morgan fingerprint density at radius 3 is 2.67 bits per heavy atom. The first kappa shape index (κ1) is 16.8. The van der Waals surface area contributed by atoms with Gasteiger partial charge in [0.25, 0.3) is 0 Å². The molecule has 21 heavy (non-hydrogen) atoms. The van der Waals surface area contributed by atoms with E-state index in [1.54, 1.807) is 0 Å². The molecule has 0 spiro atoms. The van der Waals surface area contributed by atoms with Crippen molar-refractivity contribution in [1.82, 2.24) is 4.72 Å². The summed E-state index contributed by atoms with van der Waals surface area (Å²) in [6.45, 7) is 0.404. The van der Waals surface area contributed by atoms with Gasteiger partial charge in [-0.25, -0.2) is 17.9 Å². The summed E-state index contributed by atoms with van der Waals surface area (Å²) in [6.07, 6.45) is 2.02. The number of hydrogen-bond donors (Lipinski definition) is 2. The van der Waals surface area contributed by atoms with Crippen molar-refractivity contribution in [2.45, 2.75) is 17.7 Å². The number of thioether (sulfide) groups is 1. The van der Waals surface area contributed by atoms with Gasteiger partial charge in [-0.2, -0.15) is 11.8 Å². The maximum atomic E-state index is 12.2. The number of sulfonamides is 1. The second kappa shape index (κ2) is 7.13. The normalized spacial score (nSPS) is 16.8. The van der Waals surface area contributed by atoms with E-state index in [0.717, 1.165) is 24.3 Å². The third-order valence-electron chi connectivity index (χ3n) is 3.38. The number of rotatable bonds is 5. The molecule has 116 valence electrons. The summed E-state index contributed by atoms with van der Waals surface area (Å²) >= 11 is 4.99. The zero-order valence-corrected chi connectivity index (χ0v) is 14.4. The van der Waals surface area contributed by atoms with Crippen LogP contribution in [0.2, 0.25) is 0 Å². The minimum absolute atomic E-state index is 0.0201. The Labute approximate surface area is 136 Å². The van der Waals surface area contributed by atoms with Crippen LogP contribution in [0, 0.1) is 5.92 Å². The van der Waals surface area contributed by atoms with E-state index in [9.17, 15) is 13.2 Å². The molecule has 1 aliphatic heterocycles. The number of halogens is 1. The van der Waals surface area contributed by atoms with E-state index in [4.69, 9.17) is 5.11 Å². The standard InChI is InChI=1S/C13H16BrNO4S2/c14-12-2-1-10(7-11(12)13(16)17)21(18,19)15-8-9-3-5-20-6-4-9/h1-2,7,9,15H,3-6,8H2,(H,16,17). The van der Waals surface area contributed by atoms with Gasteiger partial charge in [-0.15, -0.1) is 0 Å². The molecule has 0 atom stereocenters. The van der Waals surface area contributed by atoms with Crippen molar-refractivity contribution in [2.24, 2.45) is 5.92 Å². The fourth-order valence-electron chi connectivity index (χ4n) is 2.10. The molecule has 0 aliphatic carbocycles. The molecule has 5 nitrogen and oxygen atoms in total. The summed E-state index contributed by atoms with van der Waals surface area (Å²) < 4.78 is 27.4. The third kappa shape index (κ3) is 4.45. The van der Waals surface area contributed by atoms with Crippen molar-refractivity contribution in [2.75, 3.05) is 18.1 Å². The van der Waals surface area contributed by atoms with Gasteiger partial charge in [0.15, 0.2) is 0 Å². The monoisotopic (exact) mass is 393 g/mol. The molecule has 0 aromatic heterocycles. The van der Waals surface area contributed by atoms with E-state index in [2.05, 4.69) is 20.7 Å². The number of carboxylic acids is 1. The Bertz CT molecular complexity index is 627. The first-order chi connectivity index (χ1) is 9.90. The maximum Gasteiger partial charge on any atom is 0.336 e. The van der Waals surface area contributed by atoms with Crippen molar-refractivity contribution in [3.8, 4) is 0 Å². The molecular weight excluding hydrogens is 378 g/mol. The molecule has 0 radical (unpaired) electrons. The second-order valence-electron chi connectivity index (χ2n) is 4.85. The summed E-state index contributed by atoms with van der Waals surface area (Å²) in [5.41, 5.74) is -0.0630. The molecule has 1 fully saturated rings. The van der Waals surface area contributed by atoms with Crippen molar-refractivity contribution >= 4 is 43.7 Å². The Kier molecular flexibility index (Phi) is 5.70. The van der Waals surface area contributed by atoms with Crippen LogP contribution in [0.15, 0.2) is 27.6 Å². The summed E-state index contributed by atoms with van der Waals surface area (Å²) in [7, 11) is -3.67. The van der Waals surface area contributed by atoms with E-state index in [-0.39, 0.29) is 10.5 Å². The van der Waals surface area contributed by atoms with Gasteiger partial charge in [-0.1, -0.05) is 0 Å². The third-order valence-corrected chi connectivity index (χ3v) is 6.54. The first-order valence-electron chi connectivity index (χ1n) is 6.50. The zero-order chi connectivity index (χ0) is 15.5. The number of nitrogens with one attached hydrogen (secondary N) is 1. The zero-order valence-electron chi connectivity index (χ0n) is 11.2. The fourth-order valence-corrected chi connectivity index (χ4v) is 4.86. The molecule has 0 saturated carbocycles. The number of hydrogen-bond acceptors (Lipinski definition) is 4. The van der Waals surface area contributed by atoms with E-state index in [1.807, 2.05) is 11.8 Å². The average Bonchev–Trinajstić information content (AvgIpc) is 2.46. The van der Waals surface area contributed by atoms with Crippen LogP contribution in [-0.2, 0) is 10.0 Å². The van der Waals surface area contributed by atoms with E-state index >= 15 is 0 Å². The second-order valence-corrected chi connectivity index (χ2v) is 8.70. The molecule has 0 unspecified atom stereocenters. The Morgan fingerprint density at radius 2 is 2.05 bits per heavy atom. The van der Waals surface area contributed by atoms with Crippen molar-refractivity contribution in [3.05, 3.63) is 28.2 Å². The minimum atomic E-state index is -3.67. The molecule has 2 N–H and O–H groups in total. The lowest BCUT2D eigenvalue weighted by atomic mass is 10.0. The van der Waals surface area contributed by atoms with Crippen LogP contribution < -0.4 is 4.72 Å². The van der Waals surface area contributed by atoms with Gasteiger partial charge in [-0.3, -0.25) is 0 Å². The lowest BCUT2D eigenvalue weighted by Gasteiger charge is -2.21. The lowest BCUT2D eigenvalue weighted by Crippen LogP contribution is -2.31. The summed E-state index contributed by atoms with van der Waals surface area (Å²) in [4.78, 5) is 11.0. The minimum Gasteiger partial charge on any atom is -0.478 e. The molecule has 8 heteroatoms. The number of aromatic carboxylic acids is 1. The highest BCUT2D eigenvalue weighted by atomic mass is 79.9. The average molecular weight is 394 g/mol. The first-order valence-corrected chi connectivity index (χ1v) is 9.93. The number of carbonyl (C=O) groups is 1. The fraction of sp³-hybridized carbons (Fsp3) is 0.462. The topological polar surface area (TPSA) is 83.5 Å². The lowest BCUT2D eigenvalue weighted by molar-refractivity contribution is 0.0695. The molecule has 1 aliphatic rings. The van der Waals surface area contributed by atoms with E-state index in [0.29, 0.717) is 16.9 Å². The van der Waals surface area contributed by atoms with Crippen molar-refractivity contribution in [3.63, 3.8) is 0 Å². The van der Waals surface area contributed by atoms with Gasteiger partial charge in [0.2, 0.25) is 10.0 Å². The Morgan fingerprint density at radius 1 is 1.38 bits per heavy atom.